The quantitative estimate of drug-likeness (QED) is 0.227. The van der Waals surface area contributed by atoms with Crippen molar-refractivity contribution >= 4 is 14.3 Å². The van der Waals surface area contributed by atoms with Crippen LogP contribution in [0, 0.1) is 0 Å². The van der Waals surface area contributed by atoms with Crippen molar-refractivity contribution in [2.75, 3.05) is 0 Å². The van der Waals surface area contributed by atoms with E-state index in [1.807, 2.05) is 6.07 Å². The summed E-state index contributed by atoms with van der Waals surface area (Å²) < 4.78 is 12.0. The summed E-state index contributed by atoms with van der Waals surface area (Å²) in [6, 6.07) is 8.36. The van der Waals surface area contributed by atoms with Crippen LogP contribution in [-0.4, -0.2) is 14.3 Å². The molecule has 1 rings (SSSR count). The molecule has 0 aliphatic carbocycles. The predicted molar refractivity (Wildman–Crippen MR) is 116 cm³/mol. The third kappa shape index (κ3) is 8.61. The first-order chi connectivity index (χ1) is 12.6. The van der Waals surface area contributed by atoms with Gasteiger partial charge in [-0.2, -0.15) is 0 Å². The van der Waals surface area contributed by atoms with E-state index in [4.69, 9.17) is 9.16 Å². The summed E-state index contributed by atoms with van der Waals surface area (Å²) in [5.74, 6) is -0.212. The van der Waals surface area contributed by atoms with Gasteiger partial charge in [-0.3, -0.25) is 4.79 Å². The SMILES string of the molecule is CCCCCCCC(OC(C)=O)c1cccc(CO[Si](C)(C)C(C)(C)C)c1. The Bertz CT molecular complexity index is 575. The van der Waals surface area contributed by atoms with Crippen LogP contribution in [0.15, 0.2) is 24.3 Å². The van der Waals surface area contributed by atoms with Gasteiger partial charge in [-0.15, -0.1) is 0 Å². The third-order valence-corrected chi connectivity index (χ3v) is 10.1. The molecule has 0 fully saturated rings. The fraction of sp³-hybridized carbons (Fsp3) is 0.696. The minimum atomic E-state index is -1.78. The monoisotopic (exact) mass is 392 g/mol. The van der Waals surface area contributed by atoms with Crippen molar-refractivity contribution in [3.63, 3.8) is 0 Å². The van der Waals surface area contributed by atoms with Gasteiger partial charge in [-0.25, -0.2) is 0 Å². The molecule has 0 saturated carbocycles. The van der Waals surface area contributed by atoms with Crippen LogP contribution in [0.5, 0.6) is 0 Å². The Kier molecular flexibility index (Phi) is 9.75. The van der Waals surface area contributed by atoms with Crippen molar-refractivity contribution in [2.45, 2.75) is 104 Å². The number of carbonyl (C=O) groups excluding carboxylic acids is 1. The maximum absolute atomic E-state index is 11.6. The summed E-state index contributed by atoms with van der Waals surface area (Å²) >= 11 is 0. The zero-order valence-corrected chi connectivity index (χ0v) is 19.6. The highest BCUT2D eigenvalue weighted by molar-refractivity contribution is 6.74. The van der Waals surface area contributed by atoms with Crippen LogP contribution in [0.1, 0.15) is 90.4 Å². The number of unbranched alkanes of at least 4 members (excludes halogenated alkanes) is 4. The predicted octanol–water partition coefficient (Wildman–Crippen LogP) is 7.17. The molecule has 0 aliphatic heterocycles. The fourth-order valence-electron chi connectivity index (χ4n) is 2.79. The summed E-state index contributed by atoms with van der Waals surface area (Å²) in [5.41, 5.74) is 2.23. The third-order valence-electron chi connectivity index (χ3n) is 5.61. The zero-order valence-electron chi connectivity index (χ0n) is 18.6. The fourth-order valence-corrected chi connectivity index (χ4v) is 3.75. The second-order valence-corrected chi connectivity index (χ2v) is 13.9. The molecule has 27 heavy (non-hydrogen) atoms. The Labute approximate surface area is 168 Å². The molecule has 0 aromatic heterocycles. The maximum atomic E-state index is 11.6. The molecule has 3 nitrogen and oxygen atoms in total. The van der Waals surface area contributed by atoms with Crippen LogP contribution >= 0.6 is 0 Å². The van der Waals surface area contributed by atoms with Gasteiger partial charge in [0.15, 0.2) is 8.32 Å². The lowest BCUT2D eigenvalue weighted by Crippen LogP contribution is -2.40. The Balaban J connectivity index is 2.77. The molecule has 154 valence electrons. The highest BCUT2D eigenvalue weighted by Gasteiger charge is 2.37. The molecule has 0 N–H and O–H groups in total. The Morgan fingerprint density at radius 3 is 2.37 bits per heavy atom. The molecule has 0 radical (unpaired) electrons. The normalized spacial score (nSPS) is 13.4. The van der Waals surface area contributed by atoms with Crippen molar-refractivity contribution in [3.05, 3.63) is 35.4 Å². The van der Waals surface area contributed by atoms with Crippen LogP contribution in [0.2, 0.25) is 18.1 Å². The molecule has 0 spiro atoms. The van der Waals surface area contributed by atoms with Gasteiger partial charge < -0.3 is 9.16 Å². The van der Waals surface area contributed by atoms with Crippen LogP contribution in [0.3, 0.4) is 0 Å². The van der Waals surface area contributed by atoms with E-state index < -0.39 is 8.32 Å². The molecular weight excluding hydrogens is 352 g/mol. The highest BCUT2D eigenvalue weighted by atomic mass is 28.4. The zero-order chi connectivity index (χ0) is 20.5. The molecule has 1 aromatic carbocycles. The molecule has 1 aromatic rings. The van der Waals surface area contributed by atoms with Gasteiger partial charge >= 0.3 is 5.97 Å². The van der Waals surface area contributed by atoms with E-state index >= 15 is 0 Å². The first kappa shape index (κ1) is 23.9. The molecule has 0 heterocycles. The molecule has 4 heteroatoms. The van der Waals surface area contributed by atoms with Gasteiger partial charge in [0.2, 0.25) is 0 Å². The Hall–Kier alpha value is -1.13. The number of hydrogen-bond donors (Lipinski definition) is 0. The number of rotatable bonds is 11. The van der Waals surface area contributed by atoms with Crippen LogP contribution in [-0.2, 0) is 20.6 Å². The average molecular weight is 393 g/mol. The molecule has 0 amide bonds. The second kappa shape index (κ2) is 11.0. The van der Waals surface area contributed by atoms with Gasteiger partial charge in [-0.1, -0.05) is 71.6 Å². The summed E-state index contributed by atoms with van der Waals surface area (Å²) in [4.78, 5) is 11.6. The largest absolute Gasteiger partial charge is 0.458 e. The molecule has 1 atom stereocenters. The first-order valence-electron chi connectivity index (χ1n) is 10.5. The van der Waals surface area contributed by atoms with Crippen LogP contribution < -0.4 is 0 Å². The van der Waals surface area contributed by atoms with E-state index in [9.17, 15) is 4.79 Å². The lowest BCUT2D eigenvalue weighted by atomic mass is 10.0. The van der Waals surface area contributed by atoms with Crippen molar-refractivity contribution in [1.82, 2.24) is 0 Å². The van der Waals surface area contributed by atoms with E-state index in [1.165, 1.54) is 32.6 Å². The number of carbonyl (C=O) groups is 1. The van der Waals surface area contributed by atoms with E-state index in [0.717, 1.165) is 24.0 Å². The van der Waals surface area contributed by atoms with E-state index in [1.54, 1.807) is 0 Å². The average Bonchev–Trinajstić information content (AvgIpc) is 2.58. The van der Waals surface area contributed by atoms with Crippen molar-refractivity contribution < 1.29 is 14.0 Å². The van der Waals surface area contributed by atoms with Crippen LogP contribution in [0.25, 0.3) is 0 Å². The van der Waals surface area contributed by atoms with Gasteiger partial charge in [-0.05, 0) is 48.2 Å². The summed E-state index contributed by atoms with van der Waals surface area (Å²) in [5, 5.41) is 0.198. The van der Waals surface area contributed by atoms with Crippen LogP contribution in [0.4, 0.5) is 0 Å². The van der Waals surface area contributed by atoms with Gasteiger partial charge in [0.1, 0.15) is 6.10 Å². The highest BCUT2D eigenvalue weighted by Crippen LogP contribution is 2.37. The number of esters is 1. The molecule has 0 aliphatic rings. The lowest BCUT2D eigenvalue weighted by Gasteiger charge is -2.36. The van der Waals surface area contributed by atoms with Crippen molar-refractivity contribution in [2.24, 2.45) is 0 Å². The van der Waals surface area contributed by atoms with E-state index in [-0.39, 0.29) is 17.1 Å². The lowest BCUT2D eigenvalue weighted by molar-refractivity contribution is -0.147. The molecule has 0 bridgehead atoms. The minimum absolute atomic E-state index is 0.156. The van der Waals surface area contributed by atoms with Gasteiger partial charge in [0.05, 0.1) is 6.61 Å². The van der Waals surface area contributed by atoms with Gasteiger partial charge in [0.25, 0.3) is 0 Å². The topological polar surface area (TPSA) is 35.5 Å². The Morgan fingerprint density at radius 1 is 1.11 bits per heavy atom. The smallest absolute Gasteiger partial charge is 0.303 e. The first-order valence-corrected chi connectivity index (χ1v) is 13.4. The molecule has 0 saturated heterocycles. The van der Waals surface area contributed by atoms with E-state index in [0.29, 0.717) is 6.61 Å². The Morgan fingerprint density at radius 2 is 1.78 bits per heavy atom. The second-order valence-electron chi connectivity index (χ2n) is 9.09. The van der Waals surface area contributed by atoms with Gasteiger partial charge in [0, 0.05) is 6.92 Å². The summed E-state index contributed by atoms with van der Waals surface area (Å²) in [7, 11) is -1.78. The van der Waals surface area contributed by atoms with E-state index in [2.05, 4.69) is 59.0 Å². The number of benzene rings is 1. The van der Waals surface area contributed by atoms with Crippen molar-refractivity contribution in [3.8, 4) is 0 Å². The standard InChI is InChI=1S/C23H40O3Si/c1-8-9-10-11-12-16-22(26-19(2)24)21-15-13-14-20(17-21)18-25-27(6,7)23(3,4)5/h13-15,17,22H,8-12,16,18H2,1-7H3. The number of hydrogen-bond acceptors (Lipinski definition) is 3. The minimum Gasteiger partial charge on any atom is -0.458 e. The number of ether oxygens (including phenoxy) is 1. The van der Waals surface area contributed by atoms with Crippen molar-refractivity contribution in [1.29, 1.82) is 0 Å². The maximum Gasteiger partial charge on any atom is 0.303 e. The molecule has 1 unspecified atom stereocenters. The molecular formula is C23H40O3Si. The summed E-state index contributed by atoms with van der Waals surface area (Å²) in [6.45, 7) is 15.6. The summed E-state index contributed by atoms with van der Waals surface area (Å²) in [6.07, 6.45) is 6.78.